The van der Waals surface area contributed by atoms with E-state index in [1.807, 2.05) is 36.4 Å². The molecule has 0 bridgehead atoms. The van der Waals surface area contributed by atoms with Gasteiger partial charge in [-0.2, -0.15) is 0 Å². The van der Waals surface area contributed by atoms with E-state index in [9.17, 15) is 4.79 Å². The van der Waals surface area contributed by atoms with Crippen molar-refractivity contribution in [2.75, 3.05) is 25.2 Å². The fraction of sp³-hybridized carbons (Fsp3) is 0.346. The van der Waals surface area contributed by atoms with Crippen LogP contribution in [0.5, 0.6) is 5.75 Å². The fourth-order valence-corrected chi connectivity index (χ4v) is 4.28. The minimum absolute atomic E-state index is 0.161. The van der Waals surface area contributed by atoms with E-state index in [2.05, 4.69) is 28.9 Å². The lowest BCUT2D eigenvalue weighted by Gasteiger charge is -2.25. The molecule has 0 N–H and O–H groups in total. The summed E-state index contributed by atoms with van der Waals surface area (Å²) in [6, 6.07) is 15.8. The first kappa shape index (κ1) is 23.1. The monoisotopic (exact) mass is 465 g/mol. The molecule has 0 unspecified atom stereocenters. The summed E-state index contributed by atoms with van der Waals surface area (Å²) >= 11 is 5.96. The number of carbonyl (C=O) groups is 1. The van der Waals surface area contributed by atoms with Crippen LogP contribution in [0.2, 0.25) is 5.02 Å². The molecule has 3 aromatic rings. The number of anilines is 1. The van der Waals surface area contributed by atoms with Crippen LogP contribution in [0.1, 0.15) is 40.0 Å². The van der Waals surface area contributed by atoms with Gasteiger partial charge in [0.2, 0.25) is 5.95 Å². The normalized spacial score (nSPS) is 15.5. The SMILES string of the molecule is COC(=O)c1cnc(N2CCC[C@@H]2COc2ccc(Cl)cc2)nc1CCc1ccccc1C. The number of halogens is 1. The van der Waals surface area contributed by atoms with Crippen LogP contribution in [0.3, 0.4) is 0 Å². The number of ether oxygens (including phenoxy) is 2. The van der Waals surface area contributed by atoms with Crippen molar-refractivity contribution >= 4 is 23.5 Å². The standard InChI is InChI=1S/C26H28ClN3O3/c1-18-6-3-4-7-19(18)9-14-24-23(25(31)32-2)16-28-26(29-24)30-15-5-8-21(30)17-33-22-12-10-20(27)11-13-22/h3-4,6-7,10-13,16,21H,5,8-9,14-15,17H2,1-2H3/t21-/m1/s1. The topological polar surface area (TPSA) is 64.5 Å². The molecule has 0 aliphatic carbocycles. The van der Waals surface area contributed by atoms with Crippen molar-refractivity contribution in [1.29, 1.82) is 0 Å². The van der Waals surface area contributed by atoms with Crippen LogP contribution in [-0.2, 0) is 17.6 Å². The molecule has 0 radical (unpaired) electrons. The Bertz CT molecular complexity index is 1100. The van der Waals surface area contributed by atoms with E-state index in [1.54, 1.807) is 6.20 Å². The molecular formula is C26H28ClN3O3. The van der Waals surface area contributed by atoms with Crippen molar-refractivity contribution in [2.45, 2.75) is 38.6 Å². The molecule has 6 nitrogen and oxygen atoms in total. The summed E-state index contributed by atoms with van der Waals surface area (Å²) in [6.07, 6.45) is 5.04. The zero-order valence-electron chi connectivity index (χ0n) is 19.0. The summed E-state index contributed by atoms with van der Waals surface area (Å²) in [6.45, 7) is 3.48. The number of methoxy groups -OCH3 is 1. The average molecular weight is 466 g/mol. The van der Waals surface area contributed by atoms with Crippen molar-refractivity contribution in [1.82, 2.24) is 9.97 Å². The van der Waals surface area contributed by atoms with E-state index in [-0.39, 0.29) is 6.04 Å². The quantitative estimate of drug-likeness (QED) is 0.433. The minimum Gasteiger partial charge on any atom is -0.491 e. The summed E-state index contributed by atoms with van der Waals surface area (Å²) in [5.41, 5.74) is 3.59. The molecule has 0 amide bonds. The van der Waals surface area contributed by atoms with Gasteiger partial charge in [-0.1, -0.05) is 35.9 Å². The van der Waals surface area contributed by atoms with Gasteiger partial charge in [0.1, 0.15) is 12.4 Å². The second-order valence-corrected chi connectivity index (χ2v) is 8.64. The molecule has 1 atom stereocenters. The molecule has 7 heteroatoms. The van der Waals surface area contributed by atoms with Crippen molar-refractivity contribution in [3.8, 4) is 5.75 Å². The molecule has 1 aliphatic rings. The smallest absolute Gasteiger partial charge is 0.341 e. The molecule has 0 saturated carbocycles. The first-order valence-corrected chi connectivity index (χ1v) is 11.6. The molecule has 1 saturated heterocycles. The number of hydrogen-bond acceptors (Lipinski definition) is 6. The minimum atomic E-state index is -0.412. The molecule has 1 aromatic heterocycles. The number of rotatable bonds is 8. The number of benzene rings is 2. The van der Waals surface area contributed by atoms with Gasteiger partial charge in [-0.05, 0) is 68.0 Å². The zero-order chi connectivity index (χ0) is 23.2. The van der Waals surface area contributed by atoms with Crippen LogP contribution in [0.4, 0.5) is 5.95 Å². The van der Waals surface area contributed by atoms with Gasteiger partial charge in [0.15, 0.2) is 0 Å². The molecule has 1 aliphatic heterocycles. The van der Waals surface area contributed by atoms with Crippen molar-refractivity contribution in [3.63, 3.8) is 0 Å². The second kappa shape index (κ2) is 10.7. The predicted octanol–water partition coefficient (Wildman–Crippen LogP) is 5.06. The molecule has 1 fully saturated rings. The van der Waals surface area contributed by atoms with Gasteiger partial charge in [-0.15, -0.1) is 0 Å². The van der Waals surface area contributed by atoms with E-state index < -0.39 is 5.97 Å². The Kier molecular flexibility index (Phi) is 7.45. The summed E-state index contributed by atoms with van der Waals surface area (Å²) < 4.78 is 11.0. The number of aryl methyl sites for hydroxylation is 3. The maximum atomic E-state index is 12.3. The number of hydrogen-bond donors (Lipinski definition) is 0. The Morgan fingerprint density at radius 1 is 1.15 bits per heavy atom. The number of nitrogens with zero attached hydrogens (tertiary/aromatic N) is 3. The average Bonchev–Trinajstić information content (AvgIpc) is 3.31. The highest BCUT2D eigenvalue weighted by molar-refractivity contribution is 6.30. The lowest BCUT2D eigenvalue weighted by atomic mass is 10.0. The maximum absolute atomic E-state index is 12.3. The number of carbonyl (C=O) groups excluding carboxylic acids is 1. The third-order valence-electron chi connectivity index (χ3n) is 6.04. The van der Waals surface area contributed by atoms with Gasteiger partial charge in [-0.25, -0.2) is 14.8 Å². The van der Waals surface area contributed by atoms with Crippen LogP contribution >= 0.6 is 11.6 Å². The first-order chi connectivity index (χ1) is 16.0. The summed E-state index contributed by atoms with van der Waals surface area (Å²) in [5.74, 6) is 1.00. The molecule has 2 aromatic carbocycles. The third-order valence-corrected chi connectivity index (χ3v) is 6.29. The van der Waals surface area contributed by atoms with Crippen LogP contribution in [-0.4, -0.2) is 42.2 Å². The molecule has 172 valence electrons. The summed E-state index contributed by atoms with van der Waals surface area (Å²) in [7, 11) is 1.38. The van der Waals surface area contributed by atoms with Gasteiger partial charge in [-0.3, -0.25) is 0 Å². The highest BCUT2D eigenvalue weighted by Crippen LogP contribution is 2.25. The van der Waals surface area contributed by atoms with Gasteiger partial charge in [0, 0.05) is 17.8 Å². The zero-order valence-corrected chi connectivity index (χ0v) is 19.7. The van der Waals surface area contributed by atoms with Gasteiger partial charge in [0.25, 0.3) is 0 Å². The Balaban J connectivity index is 1.52. The highest BCUT2D eigenvalue weighted by Gasteiger charge is 2.28. The summed E-state index contributed by atoms with van der Waals surface area (Å²) in [5, 5.41) is 0.683. The van der Waals surface area contributed by atoms with Gasteiger partial charge >= 0.3 is 5.97 Å². The van der Waals surface area contributed by atoms with Crippen molar-refractivity contribution in [2.24, 2.45) is 0 Å². The van der Waals surface area contributed by atoms with E-state index in [0.29, 0.717) is 35.3 Å². The Morgan fingerprint density at radius 3 is 2.70 bits per heavy atom. The van der Waals surface area contributed by atoms with Crippen LogP contribution in [0, 0.1) is 6.92 Å². The van der Waals surface area contributed by atoms with Crippen LogP contribution in [0.25, 0.3) is 0 Å². The largest absolute Gasteiger partial charge is 0.491 e. The van der Waals surface area contributed by atoms with Gasteiger partial charge in [0.05, 0.1) is 24.4 Å². The molecule has 33 heavy (non-hydrogen) atoms. The Morgan fingerprint density at radius 2 is 1.94 bits per heavy atom. The third kappa shape index (κ3) is 5.63. The van der Waals surface area contributed by atoms with Crippen LogP contribution in [0.15, 0.2) is 54.7 Å². The van der Waals surface area contributed by atoms with E-state index in [4.69, 9.17) is 26.1 Å². The van der Waals surface area contributed by atoms with E-state index >= 15 is 0 Å². The maximum Gasteiger partial charge on any atom is 0.341 e. The lowest BCUT2D eigenvalue weighted by Crippen LogP contribution is -2.35. The molecular weight excluding hydrogens is 438 g/mol. The predicted molar refractivity (Wildman–Crippen MR) is 129 cm³/mol. The molecule has 0 spiro atoms. The Labute approximate surface area is 199 Å². The first-order valence-electron chi connectivity index (χ1n) is 11.2. The van der Waals surface area contributed by atoms with E-state index in [1.165, 1.54) is 18.2 Å². The molecule has 2 heterocycles. The lowest BCUT2D eigenvalue weighted by molar-refractivity contribution is 0.0598. The summed E-state index contributed by atoms with van der Waals surface area (Å²) in [4.78, 5) is 23.9. The van der Waals surface area contributed by atoms with Crippen molar-refractivity contribution in [3.05, 3.63) is 82.1 Å². The highest BCUT2D eigenvalue weighted by atomic mass is 35.5. The van der Waals surface area contributed by atoms with Gasteiger partial charge < -0.3 is 14.4 Å². The number of esters is 1. The van der Waals surface area contributed by atoms with Crippen LogP contribution < -0.4 is 9.64 Å². The number of aromatic nitrogens is 2. The Hall–Kier alpha value is -3.12. The fourth-order valence-electron chi connectivity index (χ4n) is 4.16. The second-order valence-electron chi connectivity index (χ2n) is 8.20. The molecule has 4 rings (SSSR count). The van der Waals surface area contributed by atoms with E-state index in [0.717, 1.165) is 31.6 Å². The van der Waals surface area contributed by atoms with Crippen molar-refractivity contribution < 1.29 is 14.3 Å².